The molecular weight excluding hydrogens is 386 g/mol. The zero-order valence-electron chi connectivity index (χ0n) is 5.71. The molecule has 0 amide bonds. The van der Waals surface area contributed by atoms with Crippen LogP contribution in [0.3, 0.4) is 0 Å². The molecule has 0 saturated heterocycles. The van der Waals surface area contributed by atoms with E-state index in [1.165, 1.54) is 12.1 Å². The summed E-state index contributed by atoms with van der Waals surface area (Å²) >= 11 is 3.80. The van der Waals surface area contributed by atoms with Gasteiger partial charge in [0.25, 0.3) is 0 Å². The topological polar surface area (TPSA) is 57.5 Å². The van der Waals surface area contributed by atoms with E-state index in [1.54, 1.807) is 0 Å². The van der Waals surface area contributed by atoms with Crippen LogP contribution in [0.5, 0.6) is 5.75 Å². The number of aromatic carboxylic acids is 1. The number of rotatable bonds is 1. The number of phenolic OH excluding ortho intramolecular Hbond substituents is 1. The van der Waals surface area contributed by atoms with Crippen molar-refractivity contribution in [1.29, 1.82) is 0 Å². The van der Waals surface area contributed by atoms with E-state index in [2.05, 4.69) is 0 Å². The van der Waals surface area contributed by atoms with Crippen LogP contribution < -0.4 is 0 Å². The van der Waals surface area contributed by atoms with Gasteiger partial charge in [-0.25, -0.2) is 4.79 Å². The maximum Gasteiger partial charge on any atom is 0.336 e. The minimum Gasteiger partial charge on any atom is -0.507 e. The molecule has 0 heterocycles. The van der Waals surface area contributed by atoms with Crippen LogP contribution in [0.2, 0.25) is 0 Å². The van der Waals surface area contributed by atoms with Crippen molar-refractivity contribution in [3.8, 4) is 5.75 Å². The fourth-order valence-electron chi connectivity index (χ4n) is 0.704. The fourth-order valence-corrected chi connectivity index (χ4v) is 1.86. The average molecular weight is 390 g/mol. The molecule has 5 heteroatoms. The van der Waals surface area contributed by atoms with E-state index in [1.807, 2.05) is 45.2 Å². The summed E-state index contributed by atoms with van der Waals surface area (Å²) in [6, 6.07) is 2.77. The Labute approximate surface area is 96.1 Å². The normalized spacial score (nSPS) is 9.83. The molecule has 0 saturated carbocycles. The van der Waals surface area contributed by atoms with E-state index in [0.717, 1.165) is 0 Å². The second-order valence-corrected chi connectivity index (χ2v) is 4.22. The molecule has 0 aliphatic carbocycles. The lowest BCUT2D eigenvalue weighted by Crippen LogP contribution is -2.00. The minimum atomic E-state index is -0.975. The van der Waals surface area contributed by atoms with Crippen molar-refractivity contribution in [2.24, 2.45) is 0 Å². The molecule has 0 fully saturated rings. The van der Waals surface area contributed by atoms with Gasteiger partial charge in [0.05, 0.1) is 9.13 Å². The highest BCUT2D eigenvalue weighted by Crippen LogP contribution is 2.27. The van der Waals surface area contributed by atoms with Crippen molar-refractivity contribution in [3.05, 3.63) is 24.8 Å². The van der Waals surface area contributed by atoms with Crippen LogP contribution in [0.1, 0.15) is 10.4 Å². The van der Waals surface area contributed by atoms with Gasteiger partial charge in [0, 0.05) is 3.57 Å². The molecular formula is C7H4I2O3. The summed E-state index contributed by atoms with van der Waals surface area (Å²) in [6.07, 6.45) is 0. The zero-order chi connectivity index (χ0) is 9.30. The van der Waals surface area contributed by atoms with Crippen LogP contribution in [-0.4, -0.2) is 16.2 Å². The molecule has 0 aliphatic rings. The van der Waals surface area contributed by atoms with E-state index >= 15 is 0 Å². The Hall–Kier alpha value is -0.0500. The number of hydrogen-bond acceptors (Lipinski definition) is 2. The Balaban J connectivity index is 3.36. The predicted octanol–water partition coefficient (Wildman–Crippen LogP) is 2.30. The number of aromatic hydroxyl groups is 1. The molecule has 1 aromatic rings. The Kier molecular flexibility index (Phi) is 3.16. The first-order valence-electron chi connectivity index (χ1n) is 2.94. The van der Waals surface area contributed by atoms with Crippen molar-refractivity contribution in [2.45, 2.75) is 0 Å². The number of phenols is 1. The van der Waals surface area contributed by atoms with Crippen LogP contribution in [0.4, 0.5) is 0 Å². The van der Waals surface area contributed by atoms with E-state index in [4.69, 9.17) is 5.11 Å². The molecule has 0 aromatic heterocycles. The van der Waals surface area contributed by atoms with Crippen molar-refractivity contribution < 1.29 is 15.0 Å². The van der Waals surface area contributed by atoms with Crippen LogP contribution in [0, 0.1) is 7.14 Å². The smallest absolute Gasteiger partial charge is 0.336 e. The standard InChI is InChI=1S/C7H4I2O3/c8-5-3(7(11)12)1-2-4(10)6(5)9/h1-2,10H,(H,11,12). The molecule has 0 atom stereocenters. The number of carboxylic acids is 1. The number of carboxylic acid groups (broad SMARTS) is 1. The van der Waals surface area contributed by atoms with Crippen LogP contribution in [0.25, 0.3) is 0 Å². The summed E-state index contributed by atoms with van der Waals surface area (Å²) in [7, 11) is 0. The molecule has 1 rings (SSSR count). The van der Waals surface area contributed by atoms with Gasteiger partial charge in [0.1, 0.15) is 5.75 Å². The monoisotopic (exact) mass is 390 g/mol. The number of hydrogen-bond donors (Lipinski definition) is 2. The first-order valence-corrected chi connectivity index (χ1v) is 5.10. The van der Waals surface area contributed by atoms with Gasteiger partial charge in [-0.05, 0) is 57.3 Å². The Bertz CT molecular complexity index is 336. The largest absolute Gasteiger partial charge is 0.507 e. The number of carbonyl (C=O) groups is 1. The van der Waals surface area contributed by atoms with Gasteiger partial charge in [-0.2, -0.15) is 0 Å². The predicted molar refractivity (Wildman–Crippen MR) is 60.5 cm³/mol. The van der Waals surface area contributed by atoms with Gasteiger partial charge in [-0.1, -0.05) is 0 Å². The highest BCUT2D eigenvalue weighted by atomic mass is 127. The third-order valence-electron chi connectivity index (χ3n) is 1.29. The third kappa shape index (κ3) is 1.82. The number of halogens is 2. The van der Waals surface area contributed by atoms with Gasteiger partial charge in [0.15, 0.2) is 0 Å². The lowest BCUT2D eigenvalue weighted by molar-refractivity contribution is 0.0695. The van der Waals surface area contributed by atoms with Crippen molar-refractivity contribution in [3.63, 3.8) is 0 Å². The lowest BCUT2D eigenvalue weighted by Gasteiger charge is -2.02. The van der Waals surface area contributed by atoms with Crippen molar-refractivity contribution >= 4 is 51.2 Å². The van der Waals surface area contributed by atoms with Gasteiger partial charge in [0.2, 0.25) is 0 Å². The third-order valence-corrected chi connectivity index (χ3v) is 4.54. The van der Waals surface area contributed by atoms with Gasteiger partial charge in [-0.15, -0.1) is 0 Å². The Morgan fingerprint density at radius 1 is 1.25 bits per heavy atom. The summed E-state index contributed by atoms with van der Waals surface area (Å²) in [6.45, 7) is 0. The molecule has 1 aromatic carbocycles. The summed E-state index contributed by atoms with van der Waals surface area (Å²) in [4.78, 5) is 10.6. The number of benzene rings is 1. The molecule has 0 spiro atoms. The summed E-state index contributed by atoms with van der Waals surface area (Å²) in [5.41, 5.74) is 0.220. The van der Waals surface area contributed by atoms with Crippen LogP contribution in [0.15, 0.2) is 12.1 Å². The van der Waals surface area contributed by atoms with E-state index in [-0.39, 0.29) is 11.3 Å². The maximum absolute atomic E-state index is 10.6. The Morgan fingerprint density at radius 2 is 1.83 bits per heavy atom. The second kappa shape index (κ2) is 3.77. The molecule has 0 radical (unpaired) electrons. The highest BCUT2D eigenvalue weighted by Gasteiger charge is 2.12. The molecule has 2 N–H and O–H groups in total. The minimum absolute atomic E-state index is 0.116. The molecule has 0 aliphatic heterocycles. The van der Waals surface area contributed by atoms with Crippen molar-refractivity contribution in [1.82, 2.24) is 0 Å². The maximum atomic E-state index is 10.6. The van der Waals surface area contributed by atoms with E-state index in [9.17, 15) is 9.90 Å². The average Bonchev–Trinajstić information content (AvgIpc) is 2.00. The summed E-state index contributed by atoms with van der Waals surface area (Å²) < 4.78 is 1.15. The van der Waals surface area contributed by atoms with E-state index in [0.29, 0.717) is 7.14 Å². The van der Waals surface area contributed by atoms with Crippen molar-refractivity contribution in [2.75, 3.05) is 0 Å². The molecule has 64 valence electrons. The molecule has 0 bridgehead atoms. The Morgan fingerprint density at radius 3 is 2.33 bits per heavy atom. The van der Waals surface area contributed by atoms with Gasteiger partial charge in [-0.3, -0.25) is 0 Å². The first kappa shape index (κ1) is 10.0. The van der Waals surface area contributed by atoms with Gasteiger partial charge >= 0.3 is 5.97 Å². The second-order valence-electron chi connectivity index (χ2n) is 2.07. The molecule has 3 nitrogen and oxygen atoms in total. The summed E-state index contributed by atoms with van der Waals surface area (Å²) in [5, 5.41) is 17.9. The lowest BCUT2D eigenvalue weighted by atomic mass is 10.2. The SMILES string of the molecule is O=C(O)c1ccc(O)c(I)c1I. The highest BCUT2D eigenvalue weighted by molar-refractivity contribution is 14.1. The molecule has 0 unspecified atom stereocenters. The van der Waals surface area contributed by atoms with Crippen LogP contribution in [-0.2, 0) is 0 Å². The quantitative estimate of drug-likeness (QED) is 0.724. The first-order chi connectivity index (χ1) is 5.54. The fraction of sp³-hybridized carbons (Fsp3) is 0. The van der Waals surface area contributed by atoms with Gasteiger partial charge < -0.3 is 10.2 Å². The zero-order valence-corrected chi connectivity index (χ0v) is 10.0. The van der Waals surface area contributed by atoms with Crippen LogP contribution >= 0.6 is 45.2 Å². The van der Waals surface area contributed by atoms with E-state index < -0.39 is 5.97 Å². The molecule has 12 heavy (non-hydrogen) atoms. The summed E-state index contributed by atoms with van der Waals surface area (Å²) in [5.74, 6) is -0.859.